The number of para-hydroxylation sites is 2. The van der Waals surface area contributed by atoms with E-state index in [0.717, 1.165) is 0 Å². The standard InChI is InChI=1S/C26H18N2S2/c1-3-9-17-15(7-1)21-23(19-11-5-13-29-19)26-22(16-8-2-4-10-18(16)28-26)24(25(21)27-17)20-12-6-14-30-20/h1-14,23-24,27-28H. The van der Waals surface area contributed by atoms with E-state index >= 15 is 0 Å². The summed E-state index contributed by atoms with van der Waals surface area (Å²) in [5.74, 6) is 0.435. The Morgan fingerprint density at radius 3 is 1.43 bits per heavy atom. The zero-order valence-corrected chi connectivity index (χ0v) is 17.7. The van der Waals surface area contributed by atoms with E-state index in [4.69, 9.17) is 0 Å². The quantitative estimate of drug-likeness (QED) is 0.290. The lowest BCUT2D eigenvalue weighted by molar-refractivity contribution is 0.818. The first kappa shape index (κ1) is 16.7. The second-order valence-electron chi connectivity index (χ2n) is 7.89. The third-order valence-corrected chi connectivity index (χ3v) is 8.24. The smallest absolute Gasteiger partial charge is 0.0612 e. The molecule has 2 unspecified atom stereocenters. The van der Waals surface area contributed by atoms with Crippen LogP contribution in [0.5, 0.6) is 0 Å². The third kappa shape index (κ3) is 2.18. The lowest BCUT2D eigenvalue weighted by atomic mass is 9.76. The van der Waals surface area contributed by atoms with Crippen LogP contribution in [-0.4, -0.2) is 9.97 Å². The minimum Gasteiger partial charge on any atom is -0.357 e. The second-order valence-corrected chi connectivity index (χ2v) is 9.85. The van der Waals surface area contributed by atoms with Gasteiger partial charge in [0.05, 0.1) is 11.8 Å². The van der Waals surface area contributed by atoms with Crippen LogP contribution in [0.4, 0.5) is 0 Å². The van der Waals surface area contributed by atoms with Crippen LogP contribution in [0.25, 0.3) is 21.8 Å². The molecule has 7 rings (SSSR count). The Balaban J connectivity index is 1.66. The summed E-state index contributed by atoms with van der Waals surface area (Å²) in [5.41, 5.74) is 7.97. The first-order chi connectivity index (χ1) is 14.9. The Labute approximate surface area is 181 Å². The third-order valence-electron chi connectivity index (χ3n) is 6.36. The number of benzene rings is 2. The number of rotatable bonds is 2. The number of thiophene rings is 2. The van der Waals surface area contributed by atoms with Gasteiger partial charge in [0, 0.05) is 42.9 Å². The molecule has 4 heterocycles. The van der Waals surface area contributed by atoms with Gasteiger partial charge < -0.3 is 9.97 Å². The molecule has 144 valence electrons. The molecule has 0 aliphatic heterocycles. The van der Waals surface area contributed by atoms with Gasteiger partial charge in [-0.15, -0.1) is 22.7 Å². The first-order valence-electron chi connectivity index (χ1n) is 10.2. The van der Waals surface area contributed by atoms with E-state index in [9.17, 15) is 0 Å². The fourth-order valence-electron chi connectivity index (χ4n) is 5.22. The SMILES string of the molecule is c1csc(C2c3[nH]c4ccccc4c3C(c3cccs3)c3[nH]c4ccccc4c32)c1. The number of hydrogen-bond acceptors (Lipinski definition) is 2. The highest BCUT2D eigenvalue weighted by Gasteiger charge is 2.40. The Morgan fingerprint density at radius 2 is 1.00 bits per heavy atom. The molecule has 0 fully saturated rings. The first-order valence-corrected chi connectivity index (χ1v) is 11.9. The molecule has 30 heavy (non-hydrogen) atoms. The summed E-state index contributed by atoms with van der Waals surface area (Å²) in [6.45, 7) is 0. The summed E-state index contributed by atoms with van der Waals surface area (Å²) in [5, 5.41) is 7.04. The minimum absolute atomic E-state index is 0.217. The van der Waals surface area contributed by atoms with Crippen molar-refractivity contribution >= 4 is 44.5 Å². The molecule has 0 radical (unpaired) electrons. The van der Waals surface area contributed by atoms with E-state index < -0.39 is 0 Å². The van der Waals surface area contributed by atoms with E-state index in [1.54, 1.807) is 0 Å². The zero-order chi connectivity index (χ0) is 19.7. The zero-order valence-electron chi connectivity index (χ0n) is 16.1. The largest absolute Gasteiger partial charge is 0.357 e. The Hall–Kier alpha value is -3.08. The number of nitrogens with one attached hydrogen (secondary N) is 2. The molecule has 1 aliphatic carbocycles. The Morgan fingerprint density at radius 1 is 0.533 bits per heavy atom. The van der Waals surface area contributed by atoms with Crippen molar-refractivity contribution in [2.75, 3.05) is 0 Å². The monoisotopic (exact) mass is 422 g/mol. The van der Waals surface area contributed by atoms with Gasteiger partial charge >= 0.3 is 0 Å². The molecule has 0 bridgehead atoms. The van der Waals surface area contributed by atoms with Crippen LogP contribution in [0.2, 0.25) is 0 Å². The molecular weight excluding hydrogens is 404 g/mol. The van der Waals surface area contributed by atoms with Crippen molar-refractivity contribution in [3.8, 4) is 0 Å². The van der Waals surface area contributed by atoms with Gasteiger partial charge in [0.25, 0.3) is 0 Å². The number of aromatic amines is 2. The molecular formula is C26H18N2S2. The van der Waals surface area contributed by atoms with Gasteiger partial charge in [0.2, 0.25) is 0 Å². The van der Waals surface area contributed by atoms with Crippen molar-refractivity contribution in [2.45, 2.75) is 11.8 Å². The maximum Gasteiger partial charge on any atom is 0.0612 e. The highest BCUT2D eigenvalue weighted by atomic mass is 32.1. The Kier molecular flexibility index (Phi) is 3.45. The summed E-state index contributed by atoms with van der Waals surface area (Å²) in [4.78, 5) is 10.5. The van der Waals surface area contributed by atoms with E-state index in [1.165, 1.54) is 54.1 Å². The van der Waals surface area contributed by atoms with Gasteiger partial charge in [-0.2, -0.15) is 0 Å². The summed E-state index contributed by atoms with van der Waals surface area (Å²) < 4.78 is 0. The van der Waals surface area contributed by atoms with Crippen molar-refractivity contribution < 1.29 is 0 Å². The van der Waals surface area contributed by atoms with Crippen LogP contribution in [0, 0.1) is 0 Å². The van der Waals surface area contributed by atoms with E-state index in [0.29, 0.717) is 0 Å². The number of hydrogen-bond donors (Lipinski definition) is 2. The molecule has 2 N–H and O–H groups in total. The molecule has 2 atom stereocenters. The second kappa shape index (κ2) is 6.21. The van der Waals surface area contributed by atoms with E-state index in [-0.39, 0.29) is 11.8 Å². The van der Waals surface area contributed by atoms with Crippen molar-refractivity contribution in [3.05, 3.63) is 116 Å². The van der Waals surface area contributed by atoms with Crippen molar-refractivity contribution in [3.63, 3.8) is 0 Å². The predicted molar refractivity (Wildman–Crippen MR) is 127 cm³/mol. The fourth-order valence-corrected chi connectivity index (χ4v) is 6.90. The number of aromatic nitrogens is 2. The topological polar surface area (TPSA) is 31.6 Å². The molecule has 2 aromatic carbocycles. The predicted octanol–water partition coefficient (Wildman–Crippen LogP) is 7.45. The van der Waals surface area contributed by atoms with Gasteiger partial charge in [-0.3, -0.25) is 0 Å². The molecule has 4 heteroatoms. The number of fused-ring (bicyclic) bond motifs is 6. The molecule has 0 spiro atoms. The molecule has 6 aromatic rings. The van der Waals surface area contributed by atoms with Crippen molar-refractivity contribution in [1.29, 1.82) is 0 Å². The lowest BCUT2D eigenvalue weighted by Crippen LogP contribution is -2.18. The highest BCUT2D eigenvalue weighted by Crippen LogP contribution is 2.53. The van der Waals surface area contributed by atoms with Gasteiger partial charge in [0.1, 0.15) is 0 Å². The Bertz CT molecular complexity index is 1380. The summed E-state index contributed by atoms with van der Waals surface area (Å²) in [6, 6.07) is 26.4. The lowest BCUT2D eigenvalue weighted by Gasteiger charge is -2.29. The fraction of sp³-hybridized carbons (Fsp3) is 0.0769. The van der Waals surface area contributed by atoms with Gasteiger partial charge in [0.15, 0.2) is 0 Å². The van der Waals surface area contributed by atoms with Crippen LogP contribution in [0.15, 0.2) is 83.6 Å². The van der Waals surface area contributed by atoms with Gasteiger partial charge in [-0.05, 0) is 46.2 Å². The highest BCUT2D eigenvalue weighted by molar-refractivity contribution is 7.10. The molecule has 0 saturated heterocycles. The molecule has 2 nitrogen and oxygen atoms in total. The molecule has 0 saturated carbocycles. The average Bonchev–Trinajstić information content (AvgIpc) is 3.58. The van der Waals surface area contributed by atoms with Crippen LogP contribution in [0.3, 0.4) is 0 Å². The maximum absolute atomic E-state index is 3.84. The summed E-state index contributed by atoms with van der Waals surface area (Å²) in [6.07, 6.45) is 0. The normalized spacial score (nSPS) is 18.0. The van der Waals surface area contributed by atoms with E-state index in [1.807, 2.05) is 22.7 Å². The summed E-state index contributed by atoms with van der Waals surface area (Å²) >= 11 is 3.69. The number of H-pyrrole nitrogens is 2. The molecule has 4 aromatic heterocycles. The summed E-state index contributed by atoms with van der Waals surface area (Å²) in [7, 11) is 0. The molecule has 0 amide bonds. The van der Waals surface area contributed by atoms with Crippen LogP contribution in [-0.2, 0) is 0 Å². The minimum atomic E-state index is 0.217. The van der Waals surface area contributed by atoms with Crippen LogP contribution >= 0.6 is 22.7 Å². The van der Waals surface area contributed by atoms with Crippen LogP contribution < -0.4 is 0 Å². The van der Waals surface area contributed by atoms with Crippen molar-refractivity contribution in [2.24, 2.45) is 0 Å². The molecule has 1 aliphatic rings. The maximum atomic E-state index is 3.84. The van der Waals surface area contributed by atoms with Gasteiger partial charge in [-0.25, -0.2) is 0 Å². The van der Waals surface area contributed by atoms with Gasteiger partial charge in [-0.1, -0.05) is 48.5 Å². The van der Waals surface area contributed by atoms with Crippen molar-refractivity contribution in [1.82, 2.24) is 9.97 Å². The van der Waals surface area contributed by atoms with E-state index in [2.05, 4.69) is 93.5 Å². The van der Waals surface area contributed by atoms with Crippen LogP contribution in [0.1, 0.15) is 44.1 Å². The average molecular weight is 423 g/mol.